The summed E-state index contributed by atoms with van der Waals surface area (Å²) in [5, 5.41) is 5.47. The first-order chi connectivity index (χ1) is 13.4. The van der Waals surface area contributed by atoms with Crippen molar-refractivity contribution in [3.8, 4) is 5.69 Å². The van der Waals surface area contributed by atoms with Crippen LogP contribution in [0.1, 0.15) is 28.7 Å². The number of ether oxygens (including phenoxy) is 1. The molecule has 1 heterocycles. The molecular formula is C17H15F3N4O5. The maximum absolute atomic E-state index is 12.9. The van der Waals surface area contributed by atoms with E-state index in [1.54, 1.807) is 5.32 Å². The lowest BCUT2D eigenvalue weighted by Gasteiger charge is -2.14. The summed E-state index contributed by atoms with van der Waals surface area (Å²) in [5.74, 6) is -2.33. The highest BCUT2D eigenvalue weighted by Gasteiger charge is 2.31. The number of urea groups is 1. The third-order valence-corrected chi connectivity index (χ3v) is 3.62. The molecule has 3 amide bonds. The monoisotopic (exact) mass is 412 g/mol. The number of benzene rings is 1. The zero-order valence-electron chi connectivity index (χ0n) is 15.1. The Bertz CT molecular complexity index is 1030. The molecule has 0 aliphatic carbocycles. The number of esters is 1. The molecule has 0 saturated heterocycles. The van der Waals surface area contributed by atoms with Gasteiger partial charge in [-0.3, -0.25) is 14.9 Å². The average Bonchev–Trinajstić information content (AvgIpc) is 2.60. The van der Waals surface area contributed by atoms with Crippen LogP contribution in [0.2, 0.25) is 0 Å². The minimum atomic E-state index is -4.60. The van der Waals surface area contributed by atoms with Gasteiger partial charge in [0, 0.05) is 11.8 Å². The van der Waals surface area contributed by atoms with Crippen LogP contribution in [-0.4, -0.2) is 33.8 Å². The number of hydrogen-bond acceptors (Lipinski definition) is 6. The second kappa shape index (κ2) is 8.12. The number of aromatic nitrogens is 2. The van der Waals surface area contributed by atoms with E-state index in [4.69, 9.17) is 10.5 Å². The zero-order chi connectivity index (χ0) is 21.9. The van der Waals surface area contributed by atoms with E-state index >= 15 is 0 Å². The summed E-state index contributed by atoms with van der Waals surface area (Å²) < 4.78 is 44.6. The van der Waals surface area contributed by atoms with E-state index in [2.05, 4.69) is 5.10 Å². The highest BCUT2D eigenvalue weighted by molar-refractivity contribution is 5.97. The molecule has 2 rings (SSSR count). The van der Waals surface area contributed by atoms with E-state index in [9.17, 15) is 32.3 Å². The molecule has 12 heteroatoms. The minimum Gasteiger partial charge on any atom is -0.448 e. The summed E-state index contributed by atoms with van der Waals surface area (Å²) in [6.07, 6.45) is -6.09. The van der Waals surface area contributed by atoms with Crippen LogP contribution in [0.5, 0.6) is 0 Å². The smallest absolute Gasteiger partial charge is 0.416 e. The summed E-state index contributed by atoms with van der Waals surface area (Å²) in [6, 6.07) is 3.91. The number of alkyl halides is 3. The molecule has 2 aromatic rings. The zero-order valence-corrected chi connectivity index (χ0v) is 15.1. The first-order valence-corrected chi connectivity index (χ1v) is 8.00. The summed E-state index contributed by atoms with van der Waals surface area (Å²) in [4.78, 5) is 46.5. The van der Waals surface area contributed by atoms with E-state index in [0.717, 1.165) is 35.9 Å². The molecular weight excluding hydrogens is 397 g/mol. The van der Waals surface area contributed by atoms with E-state index in [1.165, 1.54) is 13.0 Å². The van der Waals surface area contributed by atoms with Crippen LogP contribution in [-0.2, 0) is 15.7 Å². The number of nitrogens with two attached hydrogens (primary N) is 1. The summed E-state index contributed by atoms with van der Waals surface area (Å²) >= 11 is 0. The Kier molecular flexibility index (Phi) is 6.05. The van der Waals surface area contributed by atoms with E-state index in [1.807, 2.05) is 0 Å². The SMILES string of the molecule is Cc1cc(=O)c(C(=O)OC(C)C(=O)NC(N)=O)nn1-c1cccc(C(F)(F)F)c1. The lowest BCUT2D eigenvalue weighted by atomic mass is 10.2. The van der Waals surface area contributed by atoms with Gasteiger partial charge in [-0.25, -0.2) is 14.3 Å². The average molecular weight is 412 g/mol. The van der Waals surface area contributed by atoms with Crippen LogP contribution in [0.25, 0.3) is 5.69 Å². The van der Waals surface area contributed by atoms with Crippen molar-refractivity contribution in [2.45, 2.75) is 26.1 Å². The lowest BCUT2D eigenvalue weighted by molar-refractivity contribution is -0.137. The van der Waals surface area contributed by atoms with Crippen molar-refractivity contribution >= 4 is 17.9 Å². The van der Waals surface area contributed by atoms with Gasteiger partial charge in [-0.1, -0.05) is 6.07 Å². The van der Waals surface area contributed by atoms with Gasteiger partial charge in [-0.15, -0.1) is 0 Å². The largest absolute Gasteiger partial charge is 0.448 e. The minimum absolute atomic E-state index is 0.0501. The molecule has 0 spiro atoms. The predicted octanol–water partition coefficient (Wildman–Crippen LogP) is 1.30. The fourth-order valence-electron chi connectivity index (χ4n) is 2.26. The van der Waals surface area contributed by atoms with Crippen LogP contribution in [0.15, 0.2) is 35.1 Å². The van der Waals surface area contributed by atoms with Gasteiger partial charge in [0.05, 0.1) is 11.3 Å². The molecule has 0 fully saturated rings. The Balaban J connectivity index is 2.39. The Labute approximate surface area is 161 Å². The number of nitrogens with one attached hydrogen (secondary N) is 1. The van der Waals surface area contributed by atoms with Gasteiger partial charge >= 0.3 is 18.2 Å². The fourth-order valence-corrected chi connectivity index (χ4v) is 2.26. The number of imide groups is 1. The molecule has 29 heavy (non-hydrogen) atoms. The van der Waals surface area contributed by atoms with Gasteiger partial charge < -0.3 is 10.5 Å². The molecule has 0 aliphatic rings. The summed E-state index contributed by atoms with van der Waals surface area (Å²) in [7, 11) is 0. The number of nitrogens with zero attached hydrogens (tertiary/aromatic N) is 2. The number of primary amides is 1. The number of aryl methyl sites for hydroxylation is 1. The Morgan fingerprint density at radius 3 is 2.48 bits per heavy atom. The number of rotatable bonds is 4. The van der Waals surface area contributed by atoms with E-state index < -0.39 is 46.9 Å². The normalized spacial score (nSPS) is 12.2. The van der Waals surface area contributed by atoms with Crippen molar-refractivity contribution in [3.63, 3.8) is 0 Å². The van der Waals surface area contributed by atoms with Crippen LogP contribution in [0.4, 0.5) is 18.0 Å². The van der Waals surface area contributed by atoms with Gasteiger partial charge in [0.25, 0.3) is 5.91 Å². The van der Waals surface area contributed by atoms with Crippen LogP contribution < -0.4 is 16.5 Å². The Morgan fingerprint density at radius 1 is 1.24 bits per heavy atom. The second-order valence-corrected chi connectivity index (χ2v) is 5.86. The van der Waals surface area contributed by atoms with Gasteiger partial charge in [-0.2, -0.15) is 18.3 Å². The van der Waals surface area contributed by atoms with Crippen LogP contribution in [0, 0.1) is 6.92 Å². The third kappa shape index (κ3) is 5.18. The molecule has 0 radical (unpaired) electrons. The highest BCUT2D eigenvalue weighted by Crippen LogP contribution is 2.30. The number of halogens is 3. The predicted molar refractivity (Wildman–Crippen MR) is 92.2 cm³/mol. The molecule has 0 bridgehead atoms. The number of amides is 3. The second-order valence-electron chi connectivity index (χ2n) is 5.86. The van der Waals surface area contributed by atoms with Crippen LogP contribution >= 0.6 is 0 Å². The number of carbonyl (C=O) groups is 3. The number of hydrogen-bond donors (Lipinski definition) is 2. The molecule has 0 aliphatic heterocycles. The van der Waals surface area contributed by atoms with Crippen molar-refractivity contribution in [2.24, 2.45) is 5.73 Å². The summed E-state index contributed by atoms with van der Waals surface area (Å²) in [6.45, 7) is 2.53. The Morgan fingerprint density at radius 2 is 1.90 bits per heavy atom. The molecule has 0 saturated carbocycles. The van der Waals surface area contributed by atoms with Crippen molar-refractivity contribution in [1.29, 1.82) is 0 Å². The fraction of sp³-hybridized carbons (Fsp3) is 0.235. The van der Waals surface area contributed by atoms with Crippen molar-refractivity contribution in [3.05, 3.63) is 57.5 Å². The Hall–Kier alpha value is -3.70. The molecule has 3 N–H and O–H groups in total. The lowest BCUT2D eigenvalue weighted by Crippen LogP contribution is -2.42. The molecule has 1 aromatic heterocycles. The van der Waals surface area contributed by atoms with Crippen molar-refractivity contribution < 1.29 is 32.3 Å². The van der Waals surface area contributed by atoms with E-state index in [-0.39, 0.29) is 11.4 Å². The first kappa shape index (κ1) is 21.6. The summed E-state index contributed by atoms with van der Waals surface area (Å²) in [5.41, 5.74) is 2.32. The number of carbonyl (C=O) groups excluding carboxylic acids is 3. The molecule has 1 aromatic carbocycles. The third-order valence-electron chi connectivity index (χ3n) is 3.62. The maximum atomic E-state index is 12.9. The van der Waals surface area contributed by atoms with Crippen molar-refractivity contribution in [2.75, 3.05) is 0 Å². The van der Waals surface area contributed by atoms with Gasteiger partial charge in [0.2, 0.25) is 11.1 Å². The molecule has 1 unspecified atom stereocenters. The van der Waals surface area contributed by atoms with Crippen molar-refractivity contribution in [1.82, 2.24) is 15.1 Å². The van der Waals surface area contributed by atoms with Gasteiger partial charge in [0.1, 0.15) is 0 Å². The van der Waals surface area contributed by atoms with Crippen LogP contribution in [0.3, 0.4) is 0 Å². The quantitative estimate of drug-likeness (QED) is 0.727. The topological polar surface area (TPSA) is 133 Å². The first-order valence-electron chi connectivity index (χ1n) is 8.00. The van der Waals surface area contributed by atoms with E-state index in [0.29, 0.717) is 0 Å². The van der Waals surface area contributed by atoms with Gasteiger partial charge in [0.15, 0.2) is 6.10 Å². The molecule has 9 nitrogen and oxygen atoms in total. The standard InChI is InChI=1S/C17H15F3N4O5/c1-8-6-12(25)13(15(27)29-9(2)14(26)22-16(21)28)23-24(8)11-5-3-4-10(7-11)17(18,19)20/h3-7,9H,1-2H3,(H3,21,22,26,28). The molecule has 1 atom stereocenters. The molecule has 154 valence electrons. The highest BCUT2D eigenvalue weighted by atomic mass is 19.4. The maximum Gasteiger partial charge on any atom is 0.416 e. The van der Waals surface area contributed by atoms with Gasteiger partial charge in [-0.05, 0) is 32.0 Å².